The maximum atomic E-state index is 13.1. The Bertz CT molecular complexity index is 252. The maximum absolute atomic E-state index is 13.1. The summed E-state index contributed by atoms with van der Waals surface area (Å²) in [6, 6.07) is 0. The summed E-state index contributed by atoms with van der Waals surface area (Å²) < 4.78 is 26.2. The van der Waals surface area contributed by atoms with Crippen LogP contribution in [0.3, 0.4) is 0 Å². The van der Waals surface area contributed by atoms with Crippen LogP contribution < -0.4 is 5.32 Å². The third-order valence-corrected chi connectivity index (χ3v) is 3.11. The second kappa shape index (κ2) is 4.04. The molecule has 1 N–H and O–H groups in total. The Labute approximate surface area is 87.8 Å². The summed E-state index contributed by atoms with van der Waals surface area (Å²) in [6.07, 6.45) is 1.11. The van der Waals surface area contributed by atoms with Gasteiger partial charge in [0.05, 0.1) is 12.5 Å². The van der Waals surface area contributed by atoms with E-state index in [2.05, 4.69) is 5.32 Å². The molecule has 2 aliphatic heterocycles. The quantitative estimate of drug-likeness (QED) is 0.707. The highest BCUT2D eigenvalue weighted by molar-refractivity contribution is 5.79. The second-order valence-electron chi connectivity index (χ2n) is 4.41. The molecule has 0 saturated carbocycles. The third kappa shape index (κ3) is 2.45. The normalized spacial score (nSPS) is 30.5. The lowest BCUT2D eigenvalue weighted by atomic mass is 10.0. The number of nitrogens with zero attached hydrogens (tertiary/aromatic N) is 1. The average Bonchev–Trinajstić information content (AvgIpc) is 2.67. The Morgan fingerprint density at radius 3 is 2.87 bits per heavy atom. The zero-order chi connectivity index (χ0) is 10.9. The topological polar surface area (TPSA) is 32.3 Å². The predicted octanol–water partition coefficient (Wildman–Crippen LogP) is 0.854. The Morgan fingerprint density at radius 1 is 1.47 bits per heavy atom. The van der Waals surface area contributed by atoms with E-state index in [1.165, 1.54) is 4.90 Å². The SMILES string of the molecule is O=C(C1CCNC1)N1CCCC(F)(F)C1. The van der Waals surface area contributed by atoms with Crippen molar-refractivity contribution in [1.82, 2.24) is 10.2 Å². The van der Waals surface area contributed by atoms with E-state index in [9.17, 15) is 13.6 Å². The van der Waals surface area contributed by atoms with E-state index in [4.69, 9.17) is 0 Å². The van der Waals surface area contributed by atoms with Gasteiger partial charge in [0.25, 0.3) is 5.92 Å². The van der Waals surface area contributed by atoms with Gasteiger partial charge in [0.2, 0.25) is 5.91 Å². The van der Waals surface area contributed by atoms with Crippen molar-refractivity contribution < 1.29 is 13.6 Å². The molecule has 0 aromatic carbocycles. The molecular formula is C10H16F2N2O. The fourth-order valence-electron chi connectivity index (χ4n) is 2.28. The molecule has 2 heterocycles. The van der Waals surface area contributed by atoms with Crippen molar-refractivity contribution in [2.75, 3.05) is 26.2 Å². The van der Waals surface area contributed by atoms with Gasteiger partial charge >= 0.3 is 0 Å². The first kappa shape index (κ1) is 10.8. The molecule has 3 nitrogen and oxygen atoms in total. The fourth-order valence-corrected chi connectivity index (χ4v) is 2.28. The van der Waals surface area contributed by atoms with Gasteiger partial charge in [0.1, 0.15) is 0 Å². The molecule has 15 heavy (non-hydrogen) atoms. The van der Waals surface area contributed by atoms with Gasteiger partial charge in [0.15, 0.2) is 0 Å². The van der Waals surface area contributed by atoms with E-state index in [0.717, 1.165) is 13.0 Å². The van der Waals surface area contributed by atoms with E-state index >= 15 is 0 Å². The van der Waals surface area contributed by atoms with Crippen LogP contribution in [0.25, 0.3) is 0 Å². The van der Waals surface area contributed by atoms with E-state index in [-0.39, 0.29) is 24.8 Å². The van der Waals surface area contributed by atoms with Crippen LogP contribution in [0, 0.1) is 5.92 Å². The van der Waals surface area contributed by atoms with Gasteiger partial charge in [-0.15, -0.1) is 0 Å². The van der Waals surface area contributed by atoms with E-state index in [1.807, 2.05) is 0 Å². The van der Waals surface area contributed by atoms with Gasteiger partial charge in [0, 0.05) is 19.5 Å². The molecule has 0 radical (unpaired) electrons. The van der Waals surface area contributed by atoms with Crippen molar-refractivity contribution in [1.29, 1.82) is 0 Å². The van der Waals surface area contributed by atoms with Crippen molar-refractivity contribution in [3.05, 3.63) is 0 Å². The van der Waals surface area contributed by atoms with Crippen LogP contribution in [0.2, 0.25) is 0 Å². The van der Waals surface area contributed by atoms with Crippen LogP contribution in [-0.4, -0.2) is 42.9 Å². The van der Waals surface area contributed by atoms with E-state index < -0.39 is 5.92 Å². The first-order valence-corrected chi connectivity index (χ1v) is 5.46. The molecular weight excluding hydrogens is 202 g/mol. The highest BCUT2D eigenvalue weighted by atomic mass is 19.3. The average molecular weight is 218 g/mol. The highest BCUT2D eigenvalue weighted by Gasteiger charge is 2.39. The molecule has 1 atom stereocenters. The molecule has 2 saturated heterocycles. The van der Waals surface area contributed by atoms with Crippen LogP contribution in [0.15, 0.2) is 0 Å². The van der Waals surface area contributed by atoms with Crippen LogP contribution in [0.1, 0.15) is 19.3 Å². The van der Waals surface area contributed by atoms with Crippen LogP contribution in [0.4, 0.5) is 8.78 Å². The molecule has 1 amide bonds. The highest BCUT2D eigenvalue weighted by Crippen LogP contribution is 2.27. The lowest BCUT2D eigenvalue weighted by Gasteiger charge is -2.33. The number of likely N-dealkylation sites (tertiary alicyclic amines) is 1. The molecule has 2 aliphatic rings. The van der Waals surface area contributed by atoms with Crippen molar-refractivity contribution >= 4 is 5.91 Å². The second-order valence-corrected chi connectivity index (χ2v) is 4.41. The largest absolute Gasteiger partial charge is 0.336 e. The van der Waals surface area contributed by atoms with Gasteiger partial charge < -0.3 is 10.2 Å². The number of carbonyl (C=O) groups excluding carboxylic acids is 1. The first-order chi connectivity index (χ1) is 7.08. The van der Waals surface area contributed by atoms with Crippen LogP contribution >= 0.6 is 0 Å². The molecule has 0 aromatic rings. The maximum Gasteiger partial charge on any atom is 0.265 e. The standard InChI is InChI=1S/C10H16F2N2O/c11-10(12)3-1-5-14(7-10)9(15)8-2-4-13-6-8/h8,13H,1-7H2. The molecule has 2 rings (SSSR count). The monoisotopic (exact) mass is 218 g/mol. The van der Waals surface area contributed by atoms with Crippen molar-refractivity contribution in [3.63, 3.8) is 0 Å². The Kier molecular flexibility index (Phi) is 2.91. The molecule has 0 aliphatic carbocycles. The van der Waals surface area contributed by atoms with Crippen molar-refractivity contribution in [2.24, 2.45) is 5.92 Å². The van der Waals surface area contributed by atoms with Gasteiger partial charge in [-0.3, -0.25) is 4.79 Å². The smallest absolute Gasteiger partial charge is 0.265 e. The molecule has 5 heteroatoms. The number of hydrogen-bond donors (Lipinski definition) is 1. The Balaban J connectivity index is 1.94. The minimum absolute atomic E-state index is 0.0836. The van der Waals surface area contributed by atoms with Gasteiger partial charge in [-0.2, -0.15) is 0 Å². The predicted molar refractivity (Wildman–Crippen MR) is 51.7 cm³/mol. The summed E-state index contributed by atoms with van der Waals surface area (Å²) >= 11 is 0. The van der Waals surface area contributed by atoms with E-state index in [1.54, 1.807) is 0 Å². The van der Waals surface area contributed by atoms with Crippen molar-refractivity contribution in [3.8, 4) is 0 Å². The van der Waals surface area contributed by atoms with Gasteiger partial charge in [-0.05, 0) is 19.4 Å². The number of hydrogen-bond acceptors (Lipinski definition) is 2. The number of alkyl halides is 2. The number of carbonyl (C=O) groups is 1. The molecule has 86 valence electrons. The summed E-state index contributed by atoms with van der Waals surface area (Å²) in [7, 11) is 0. The first-order valence-electron chi connectivity index (χ1n) is 5.46. The summed E-state index contributed by atoms with van der Waals surface area (Å²) in [5, 5.41) is 3.08. The van der Waals surface area contributed by atoms with Gasteiger partial charge in [-0.1, -0.05) is 0 Å². The zero-order valence-corrected chi connectivity index (χ0v) is 8.64. The summed E-state index contributed by atoms with van der Waals surface area (Å²) in [5.41, 5.74) is 0. The number of piperidine rings is 1. The minimum atomic E-state index is -2.68. The number of halogens is 2. The lowest BCUT2D eigenvalue weighted by molar-refractivity contribution is -0.145. The van der Waals surface area contributed by atoms with Crippen molar-refractivity contribution in [2.45, 2.75) is 25.2 Å². The van der Waals surface area contributed by atoms with Crippen LogP contribution in [0.5, 0.6) is 0 Å². The molecule has 0 aromatic heterocycles. The zero-order valence-electron chi connectivity index (χ0n) is 8.64. The third-order valence-electron chi connectivity index (χ3n) is 3.11. The Hall–Kier alpha value is -0.710. The number of amides is 1. The van der Waals surface area contributed by atoms with E-state index in [0.29, 0.717) is 19.5 Å². The molecule has 1 unspecified atom stereocenters. The van der Waals surface area contributed by atoms with Crippen LogP contribution in [-0.2, 0) is 4.79 Å². The lowest BCUT2D eigenvalue weighted by Crippen LogP contribution is -2.48. The molecule has 2 fully saturated rings. The number of nitrogens with one attached hydrogen (secondary N) is 1. The summed E-state index contributed by atoms with van der Waals surface area (Å²) in [5.74, 6) is -2.86. The van der Waals surface area contributed by atoms with Gasteiger partial charge in [-0.25, -0.2) is 8.78 Å². The number of rotatable bonds is 1. The molecule has 0 bridgehead atoms. The summed E-state index contributed by atoms with van der Waals surface area (Å²) in [6.45, 7) is 1.56. The fraction of sp³-hybridized carbons (Fsp3) is 0.900. The minimum Gasteiger partial charge on any atom is -0.336 e. The summed E-state index contributed by atoms with van der Waals surface area (Å²) in [4.78, 5) is 13.2. The Morgan fingerprint density at radius 2 is 2.27 bits per heavy atom. The molecule has 0 spiro atoms.